The van der Waals surface area contributed by atoms with E-state index in [0.29, 0.717) is 15.6 Å². The van der Waals surface area contributed by atoms with Crippen molar-refractivity contribution >= 4 is 41.0 Å². The Bertz CT molecular complexity index is 951. The van der Waals surface area contributed by atoms with E-state index >= 15 is 0 Å². The SMILES string of the molecule is C[NH+](CC(=O)Nc1ccccc1Cl)CN1C(=O)C(=O)N(Cc2ccccc2)C1=O. The average molecular weight is 416 g/mol. The molecule has 0 radical (unpaired) electrons. The van der Waals surface area contributed by atoms with Crippen LogP contribution in [0.4, 0.5) is 10.5 Å². The van der Waals surface area contributed by atoms with Crippen molar-refractivity contribution < 1.29 is 24.1 Å². The largest absolute Gasteiger partial charge is 0.339 e. The number of urea groups is 1. The number of anilines is 1. The zero-order chi connectivity index (χ0) is 21.0. The Morgan fingerprint density at radius 2 is 1.59 bits per heavy atom. The first-order valence-corrected chi connectivity index (χ1v) is 9.31. The molecule has 0 saturated carbocycles. The van der Waals surface area contributed by atoms with E-state index in [1.54, 1.807) is 55.6 Å². The van der Waals surface area contributed by atoms with Gasteiger partial charge in [0, 0.05) is 0 Å². The molecule has 1 fully saturated rings. The topological polar surface area (TPSA) is 91.2 Å². The lowest BCUT2D eigenvalue weighted by Crippen LogP contribution is -3.11. The molecule has 1 atom stereocenters. The highest BCUT2D eigenvalue weighted by molar-refractivity contribution is 6.44. The zero-order valence-corrected chi connectivity index (χ0v) is 16.5. The summed E-state index contributed by atoms with van der Waals surface area (Å²) in [6.07, 6.45) is 0. The number of quaternary nitrogens is 1. The van der Waals surface area contributed by atoms with Crippen molar-refractivity contribution in [3.05, 3.63) is 65.2 Å². The van der Waals surface area contributed by atoms with E-state index in [-0.39, 0.29) is 25.7 Å². The summed E-state index contributed by atoms with van der Waals surface area (Å²) in [6, 6.07) is 15.1. The quantitative estimate of drug-likeness (QED) is 0.515. The van der Waals surface area contributed by atoms with E-state index in [4.69, 9.17) is 11.6 Å². The summed E-state index contributed by atoms with van der Waals surface area (Å²) in [5, 5.41) is 3.09. The number of nitrogens with zero attached hydrogens (tertiary/aromatic N) is 2. The second-order valence-electron chi connectivity index (χ2n) is 6.71. The molecule has 29 heavy (non-hydrogen) atoms. The van der Waals surface area contributed by atoms with Gasteiger partial charge in [-0.25, -0.2) is 9.69 Å². The van der Waals surface area contributed by atoms with Gasteiger partial charge in [0.25, 0.3) is 5.91 Å². The molecular weight excluding hydrogens is 396 g/mol. The predicted octanol–water partition coefficient (Wildman–Crippen LogP) is 0.742. The summed E-state index contributed by atoms with van der Waals surface area (Å²) in [6.45, 7) is -0.105. The molecule has 1 aliphatic heterocycles. The number of carbonyl (C=O) groups is 4. The van der Waals surface area contributed by atoms with Crippen LogP contribution < -0.4 is 10.2 Å². The lowest BCUT2D eigenvalue weighted by molar-refractivity contribution is -0.878. The molecule has 0 bridgehead atoms. The third kappa shape index (κ3) is 4.79. The molecule has 9 heteroatoms. The number of imide groups is 2. The number of likely N-dealkylation sites (N-methyl/N-ethyl adjacent to an activating group) is 1. The Kier molecular flexibility index (Phi) is 6.26. The molecule has 3 rings (SSSR count). The fourth-order valence-corrected chi connectivity index (χ4v) is 3.14. The molecule has 0 aliphatic carbocycles. The molecule has 1 heterocycles. The van der Waals surface area contributed by atoms with E-state index in [1.807, 2.05) is 6.07 Å². The third-order valence-corrected chi connectivity index (χ3v) is 4.69. The highest BCUT2D eigenvalue weighted by atomic mass is 35.5. The lowest BCUT2D eigenvalue weighted by atomic mass is 10.2. The molecular formula is C20H20ClN4O4+. The summed E-state index contributed by atoms with van der Waals surface area (Å²) in [5.74, 6) is -2.09. The molecule has 5 amide bonds. The van der Waals surface area contributed by atoms with E-state index < -0.39 is 17.8 Å². The van der Waals surface area contributed by atoms with Crippen LogP contribution in [0.15, 0.2) is 54.6 Å². The van der Waals surface area contributed by atoms with Crippen LogP contribution in [0.2, 0.25) is 5.02 Å². The van der Waals surface area contributed by atoms with Crippen LogP contribution in [0.3, 0.4) is 0 Å². The van der Waals surface area contributed by atoms with Crippen LogP contribution in [0, 0.1) is 0 Å². The summed E-state index contributed by atoms with van der Waals surface area (Å²) >= 11 is 6.02. The van der Waals surface area contributed by atoms with Crippen LogP contribution in [0.25, 0.3) is 0 Å². The second kappa shape index (κ2) is 8.85. The van der Waals surface area contributed by atoms with Gasteiger partial charge in [0.1, 0.15) is 0 Å². The van der Waals surface area contributed by atoms with Crippen molar-refractivity contribution in [3.63, 3.8) is 0 Å². The van der Waals surface area contributed by atoms with Crippen molar-refractivity contribution in [2.45, 2.75) is 6.54 Å². The maximum atomic E-state index is 12.6. The number of carbonyl (C=O) groups excluding carboxylic acids is 4. The van der Waals surface area contributed by atoms with Crippen LogP contribution in [-0.2, 0) is 20.9 Å². The van der Waals surface area contributed by atoms with E-state index in [9.17, 15) is 19.2 Å². The number of benzene rings is 2. The molecule has 150 valence electrons. The van der Waals surface area contributed by atoms with E-state index in [0.717, 1.165) is 15.4 Å². The molecule has 2 N–H and O–H groups in total. The molecule has 2 aromatic carbocycles. The Morgan fingerprint density at radius 1 is 0.966 bits per heavy atom. The maximum Gasteiger partial charge on any atom is 0.339 e. The highest BCUT2D eigenvalue weighted by Gasteiger charge is 2.45. The van der Waals surface area contributed by atoms with E-state index in [2.05, 4.69) is 5.32 Å². The number of para-hydroxylation sites is 1. The van der Waals surface area contributed by atoms with Gasteiger partial charge < -0.3 is 10.2 Å². The molecule has 1 unspecified atom stereocenters. The number of hydrogen-bond acceptors (Lipinski definition) is 4. The summed E-state index contributed by atoms with van der Waals surface area (Å²) in [5.41, 5.74) is 1.22. The van der Waals surface area contributed by atoms with Gasteiger partial charge in [0.05, 0.1) is 24.3 Å². The van der Waals surface area contributed by atoms with Gasteiger partial charge >= 0.3 is 17.8 Å². The first-order valence-electron chi connectivity index (χ1n) is 8.93. The monoisotopic (exact) mass is 415 g/mol. The standard InChI is InChI=1S/C20H19ClN4O4/c1-23(12-17(26)22-16-10-6-5-9-15(16)21)13-25-19(28)18(27)24(20(25)29)11-14-7-3-2-4-8-14/h2-10H,11-13H2,1H3,(H,22,26)/p+1. The predicted molar refractivity (Wildman–Crippen MR) is 106 cm³/mol. The Labute approximate surface area is 172 Å². The smallest absolute Gasteiger partial charge is 0.320 e. The Hall–Kier alpha value is -3.23. The van der Waals surface area contributed by atoms with Crippen molar-refractivity contribution in [1.82, 2.24) is 9.80 Å². The number of halogens is 1. The van der Waals surface area contributed by atoms with Crippen molar-refractivity contribution in [2.24, 2.45) is 0 Å². The molecule has 8 nitrogen and oxygen atoms in total. The van der Waals surface area contributed by atoms with Crippen LogP contribution in [-0.4, -0.2) is 53.8 Å². The molecule has 1 saturated heterocycles. The Balaban J connectivity index is 1.59. The number of nitrogens with one attached hydrogen (secondary N) is 2. The van der Waals surface area contributed by atoms with Crippen LogP contribution >= 0.6 is 11.6 Å². The van der Waals surface area contributed by atoms with Gasteiger partial charge in [0.15, 0.2) is 13.2 Å². The van der Waals surface area contributed by atoms with Crippen LogP contribution in [0.1, 0.15) is 5.56 Å². The molecule has 1 aliphatic rings. The summed E-state index contributed by atoms with van der Waals surface area (Å²) < 4.78 is 0. The number of amides is 5. The minimum atomic E-state index is -0.892. The van der Waals surface area contributed by atoms with E-state index in [1.165, 1.54) is 0 Å². The fraction of sp³-hybridized carbons (Fsp3) is 0.200. The normalized spacial score (nSPS) is 15.0. The minimum Gasteiger partial charge on any atom is -0.320 e. The minimum absolute atomic E-state index is 0.0187. The Morgan fingerprint density at radius 3 is 2.28 bits per heavy atom. The van der Waals surface area contributed by atoms with Crippen molar-refractivity contribution in [1.29, 1.82) is 0 Å². The van der Waals surface area contributed by atoms with Crippen LogP contribution in [0.5, 0.6) is 0 Å². The maximum absolute atomic E-state index is 12.6. The highest BCUT2D eigenvalue weighted by Crippen LogP contribution is 2.20. The van der Waals surface area contributed by atoms with Crippen molar-refractivity contribution in [3.8, 4) is 0 Å². The lowest BCUT2D eigenvalue weighted by Gasteiger charge is -2.19. The summed E-state index contributed by atoms with van der Waals surface area (Å²) in [7, 11) is 1.65. The molecule has 2 aromatic rings. The summed E-state index contributed by atoms with van der Waals surface area (Å²) in [4.78, 5) is 51.6. The zero-order valence-electron chi connectivity index (χ0n) is 15.7. The van der Waals surface area contributed by atoms with Crippen molar-refractivity contribution in [2.75, 3.05) is 25.6 Å². The van der Waals surface area contributed by atoms with Gasteiger partial charge in [-0.3, -0.25) is 19.3 Å². The fourth-order valence-electron chi connectivity index (χ4n) is 2.95. The molecule has 0 spiro atoms. The van der Waals surface area contributed by atoms with Gasteiger partial charge in [0.2, 0.25) is 0 Å². The first-order chi connectivity index (χ1) is 13.9. The molecule has 0 aromatic heterocycles. The third-order valence-electron chi connectivity index (χ3n) is 4.36. The average Bonchev–Trinajstić information content (AvgIpc) is 2.89. The second-order valence-corrected chi connectivity index (χ2v) is 7.12. The van der Waals surface area contributed by atoms with Gasteiger partial charge in [-0.15, -0.1) is 0 Å². The number of hydrogen-bond donors (Lipinski definition) is 2. The van der Waals surface area contributed by atoms with Gasteiger partial charge in [-0.2, -0.15) is 0 Å². The number of rotatable bonds is 7. The van der Waals surface area contributed by atoms with Gasteiger partial charge in [-0.1, -0.05) is 54.1 Å². The van der Waals surface area contributed by atoms with Gasteiger partial charge in [-0.05, 0) is 17.7 Å². The first kappa shape index (κ1) is 20.5.